The summed E-state index contributed by atoms with van der Waals surface area (Å²) in [6.45, 7) is 5.47. The summed E-state index contributed by atoms with van der Waals surface area (Å²) in [5.74, 6) is 0.888. The van der Waals surface area contributed by atoms with Crippen LogP contribution in [0.1, 0.15) is 213 Å². The molecule has 0 aromatic rings. The summed E-state index contributed by atoms with van der Waals surface area (Å²) in [5.41, 5.74) is 5.94. The van der Waals surface area contributed by atoms with Crippen LogP contribution in [-0.4, -0.2) is 6.54 Å². The van der Waals surface area contributed by atoms with E-state index in [1.807, 2.05) is 0 Å². The maximum atomic E-state index is 5.94. The molecule has 0 saturated carbocycles. The van der Waals surface area contributed by atoms with Gasteiger partial charge in [-0.1, -0.05) is 179 Å². The van der Waals surface area contributed by atoms with E-state index in [1.54, 1.807) is 0 Å². The Labute approximate surface area is 271 Å². The van der Waals surface area contributed by atoms with Crippen molar-refractivity contribution in [2.24, 2.45) is 11.7 Å². The average Bonchev–Trinajstić information content (AvgIpc) is 2.96. The van der Waals surface area contributed by atoms with Gasteiger partial charge in [0.15, 0.2) is 0 Å². The predicted molar refractivity (Wildman–Crippen MR) is 196 cm³/mol. The highest BCUT2D eigenvalue weighted by Crippen LogP contribution is 2.22. The molecule has 0 fully saturated rings. The first-order valence-electron chi connectivity index (χ1n) is 18.8. The van der Waals surface area contributed by atoms with Crippen molar-refractivity contribution in [1.82, 2.24) is 0 Å². The summed E-state index contributed by atoms with van der Waals surface area (Å²) in [6.07, 6.45) is 53.0. The molecule has 0 atom stereocenters. The van der Waals surface area contributed by atoms with Crippen LogP contribution in [0, 0.1) is 5.92 Å². The fourth-order valence-corrected chi connectivity index (χ4v) is 6.03. The average molecular weight is 641 g/mol. The molecule has 2 heteroatoms. The monoisotopic (exact) mass is 640 g/mol. The molecule has 0 aliphatic heterocycles. The van der Waals surface area contributed by atoms with Crippen molar-refractivity contribution in [2.45, 2.75) is 213 Å². The smallest absolute Gasteiger partial charge is 0.00746 e. The van der Waals surface area contributed by atoms with E-state index in [1.165, 1.54) is 199 Å². The van der Waals surface area contributed by atoms with E-state index < -0.39 is 0 Å². The van der Waals surface area contributed by atoms with Gasteiger partial charge in [0.05, 0.1) is 0 Å². The minimum Gasteiger partial charge on any atom is -0.330 e. The van der Waals surface area contributed by atoms with E-state index >= 15 is 0 Å². The third-order valence-electron chi connectivity index (χ3n) is 8.82. The number of rotatable bonds is 34. The number of halogens is 1. The van der Waals surface area contributed by atoms with Crippen LogP contribution in [0.2, 0.25) is 0 Å². The molecular formula is C39H78BrN. The lowest BCUT2D eigenvalue weighted by molar-refractivity contribution is 0.384. The fraction of sp³-hybridized carbons (Fsp3) is 0.897. The molecule has 0 heterocycles. The Balaban J connectivity index is 0. The molecule has 2 N–H and O–H groups in total. The maximum absolute atomic E-state index is 5.94. The first kappa shape index (κ1) is 43.0. The van der Waals surface area contributed by atoms with Crippen LogP contribution in [0.4, 0.5) is 0 Å². The number of allylic oxidation sites excluding steroid dienone is 4. The minimum atomic E-state index is 0. The first-order chi connectivity index (χ1) is 19.8. The van der Waals surface area contributed by atoms with Crippen molar-refractivity contribution in [3.63, 3.8) is 0 Å². The van der Waals surface area contributed by atoms with Gasteiger partial charge in [-0.05, 0) is 70.3 Å². The Morgan fingerprint density at radius 1 is 0.366 bits per heavy atom. The summed E-state index contributed by atoms with van der Waals surface area (Å²) in [7, 11) is 0. The lowest BCUT2D eigenvalue weighted by Gasteiger charge is -2.16. The first-order valence-corrected chi connectivity index (χ1v) is 18.8. The molecule has 0 aromatic carbocycles. The molecular weight excluding hydrogens is 562 g/mol. The second-order valence-electron chi connectivity index (χ2n) is 12.9. The fourth-order valence-electron chi connectivity index (χ4n) is 6.03. The number of hydrogen-bond donors (Lipinski definition) is 1. The molecule has 1 nitrogen and oxygen atoms in total. The second kappa shape index (κ2) is 39.9. The lowest BCUT2D eigenvalue weighted by atomic mass is 9.91. The third kappa shape index (κ3) is 37.9. The SMILES string of the molecule is Br.CCCCCCCC/C=C\CCCCCCCCC(CCN)CCCCCCCC/C=C\CCCCCCCC. The molecule has 0 aliphatic carbocycles. The van der Waals surface area contributed by atoms with E-state index in [4.69, 9.17) is 5.73 Å². The molecule has 0 rings (SSSR count). The summed E-state index contributed by atoms with van der Waals surface area (Å²) in [5, 5.41) is 0. The Bertz CT molecular complexity index is 458. The molecule has 0 spiro atoms. The van der Waals surface area contributed by atoms with Crippen LogP contribution < -0.4 is 5.73 Å². The van der Waals surface area contributed by atoms with Gasteiger partial charge < -0.3 is 5.73 Å². The van der Waals surface area contributed by atoms with Crippen LogP contribution in [0.25, 0.3) is 0 Å². The zero-order chi connectivity index (χ0) is 29.0. The van der Waals surface area contributed by atoms with E-state index in [9.17, 15) is 0 Å². The maximum Gasteiger partial charge on any atom is -0.00746 e. The van der Waals surface area contributed by atoms with Crippen molar-refractivity contribution in [2.75, 3.05) is 6.54 Å². The van der Waals surface area contributed by atoms with Gasteiger partial charge in [-0.25, -0.2) is 0 Å². The highest BCUT2D eigenvalue weighted by molar-refractivity contribution is 8.93. The largest absolute Gasteiger partial charge is 0.330 e. The zero-order valence-electron chi connectivity index (χ0n) is 28.5. The lowest BCUT2D eigenvalue weighted by Crippen LogP contribution is -2.09. The van der Waals surface area contributed by atoms with Crippen LogP contribution in [0.5, 0.6) is 0 Å². The van der Waals surface area contributed by atoms with Crippen molar-refractivity contribution in [1.29, 1.82) is 0 Å². The predicted octanol–water partition coefficient (Wildman–Crippen LogP) is 14.4. The summed E-state index contributed by atoms with van der Waals surface area (Å²) in [4.78, 5) is 0. The number of hydrogen-bond acceptors (Lipinski definition) is 1. The Hall–Kier alpha value is -0.0800. The molecule has 0 radical (unpaired) electrons. The van der Waals surface area contributed by atoms with Crippen molar-refractivity contribution in [3.8, 4) is 0 Å². The normalized spacial score (nSPS) is 11.8. The van der Waals surface area contributed by atoms with Crippen LogP contribution >= 0.6 is 17.0 Å². The Morgan fingerprint density at radius 2 is 0.634 bits per heavy atom. The van der Waals surface area contributed by atoms with Crippen LogP contribution in [0.3, 0.4) is 0 Å². The molecule has 0 bridgehead atoms. The third-order valence-corrected chi connectivity index (χ3v) is 8.82. The highest BCUT2D eigenvalue weighted by Gasteiger charge is 2.07. The molecule has 0 aromatic heterocycles. The van der Waals surface area contributed by atoms with Gasteiger partial charge in [0.1, 0.15) is 0 Å². The van der Waals surface area contributed by atoms with Gasteiger partial charge in [-0.2, -0.15) is 0 Å². The minimum absolute atomic E-state index is 0. The topological polar surface area (TPSA) is 26.0 Å². The molecule has 246 valence electrons. The Morgan fingerprint density at radius 3 is 0.927 bits per heavy atom. The molecule has 41 heavy (non-hydrogen) atoms. The Kier molecular flexibility index (Phi) is 41.9. The van der Waals surface area contributed by atoms with Crippen LogP contribution in [0.15, 0.2) is 24.3 Å². The van der Waals surface area contributed by atoms with Gasteiger partial charge >= 0.3 is 0 Å². The summed E-state index contributed by atoms with van der Waals surface area (Å²) < 4.78 is 0. The van der Waals surface area contributed by atoms with Gasteiger partial charge in [-0.15, -0.1) is 17.0 Å². The molecule has 0 saturated heterocycles. The number of unbranched alkanes of at least 4 members (excludes halogenated alkanes) is 24. The van der Waals surface area contributed by atoms with Crippen molar-refractivity contribution in [3.05, 3.63) is 24.3 Å². The van der Waals surface area contributed by atoms with E-state index in [2.05, 4.69) is 38.2 Å². The van der Waals surface area contributed by atoms with Gasteiger partial charge in [0.25, 0.3) is 0 Å². The standard InChI is InChI=1S/C39H77N.BrH/c1-3-5-7-9-11-13-15-17-19-21-23-25-27-29-31-33-35-39(37-38-40)36-34-32-30-28-26-24-22-20-18-16-14-12-10-8-6-4-2;/h17-20,39H,3-16,21-38,40H2,1-2H3;1H/b19-17-,20-18-;. The van der Waals surface area contributed by atoms with Crippen molar-refractivity contribution < 1.29 is 0 Å². The van der Waals surface area contributed by atoms with Crippen LogP contribution in [-0.2, 0) is 0 Å². The van der Waals surface area contributed by atoms with Gasteiger partial charge in [0, 0.05) is 0 Å². The van der Waals surface area contributed by atoms with E-state index in [-0.39, 0.29) is 17.0 Å². The second-order valence-corrected chi connectivity index (χ2v) is 12.9. The van der Waals surface area contributed by atoms with Gasteiger partial charge in [-0.3, -0.25) is 0 Å². The quantitative estimate of drug-likeness (QED) is 0.0550. The van der Waals surface area contributed by atoms with E-state index in [0.717, 1.165) is 12.5 Å². The summed E-state index contributed by atoms with van der Waals surface area (Å²) >= 11 is 0. The van der Waals surface area contributed by atoms with Crippen molar-refractivity contribution >= 4 is 17.0 Å². The van der Waals surface area contributed by atoms with Gasteiger partial charge in [0.2, 0.25) is 0 Å². The zero-order valence-corrected chi connectivity index (χ0v) is 30.2. The van der Waals surface area contributed by atoms with E-state index in [0.29, 0.717) is 0 Å². The molecule has 0 aliphatic rings. The number of nitrogens with two attached hydrogens (primary N) is 1. The molecule has 0 unspecified atom stereocenters. The summed E-state index contributed by atoms with van der Waals surface area (Å²) in [6, 6.07) is 0. The highest BCUT2D eigenvalue weighted by atomic mass is 79.9. The molecule has 0 amide bonds.